The van der Waals surface area contributed by atoms with Crippen LogP contribution in [0.2, 0.25) is 0 Å². The summed E-state index contributed by atoms with van der Waals surface area (Å²) >= 11 is 2.09. The summed E-state index contributed by atoms with van der Waals surface area (Å²) in [7, 11) is 1.37. The highest BCUT2D eigenvalue weighted by Gasteiger charge is 2.24. The minimum Gasteiger partial charge on any atom is -0.388 e. The number of amides is 1. The Balaban J connectivity index is 2.29. The van der Waals surface area contributed by atoms with Crippen molar-refractivity contribution in [3.05, 3.63) is 56.4 Å². The molecule has 152 valence electrons. The quantitative estimate of drug-likeness (QED) is 0.288. The largest absolute Gasteiger partial charge is 0.388 e. The van der Waals surface area contributed by atoms with Gasteiger partial charge < -0.3 is 15.2 Å². The first-order valence-electron chi connectivity index (χ1n) is 8.04. The SMILES string of the molecule is COCC(O)CONC(=O)c1cc(F)c(F)c(F)c1Nc1ccc(I)cc1C. The van der Waals surface area contributed by atoms with Crippen LogP contribution in [0.4, 0.5) is 24.5 Å². The van der Waals surface area contributed by atoms with Gasteiger partial charge in [0.25, 0.3) is 5.91 Å². The fourth-order valence-electron chi connectivity index (χ4n) is 2.30. The number of carbonyl (C=O) groups excluding carboxylic acids is 1. The van der Waals surface area contributed by atoms with E-state index in [1.807, 2.05) is 5.48 Å². The minimum atomic E-state index is -1.71. The molecule has 1 amide bonds. The Morgan fingerprint density at radius 1 is 1.21 bits per heavy atom. The van der Waals surface area contributed by atoms with Crippen LogP contribution in [0.1, 0.15) is 15.9 Å². The molecular formula is C18H18F3IN2O4. The molecule has 2 aromatic carbocycles. The number of carbonyl (C=O) groups is 1. The summed E-state index contributed by atoms with van der Waals surface area (Å²) in [5.74, 6) is -5.79. The number of benzene rings is 2. The zero-order valence-corrected chi connectivity index (χ0v) is 17.1. The first kappa shape index (κ1) is 22.4. The molecule has 2 aromatic rings. The number of hydroxylamine groups is 1. The van der Waals surface area contributed by atoms with Crippen LogP contribution < -0.4 is 10.8 Å². The third-order valence-electron chi connectivity index (χ3n) is 3.65. The predicted molar refractivity (Wildman–Crippen MR) is 105 cm³/mol. The lowest BCUT2D eigenvalue weighted by molar-refractivity contribution is -0.0365. The van der Waals surface area contributed by atoms with Gasteiger partial charge in [0, 0.05) is 16.4 Å². The maximum Gasteiger partial charge on any atom is 0.277 e. The molecule has 28 heavy (non-hydrogen) atoms. The van der Waals surface area contributed by atoms with Gasteiger partial charge in [0.2, 0.25) is 0 Å². The van der Waals surface area contributed by atoms with Crippen molar-refractivity contribution in [2.24, 2.45) is 0 Å². The van der Waals surface area contributed by atoms with Crippen molar-refractivity contribution in [3.8, 4) is 0 Å². The smallest absolute Gasteiger partial charge is 0.277 e. The van der Waals surface area contributed by atoms with Crippen molar-refractivity contribution in [1.29, 1.82) is 0 Å². The van der Waals surface area contributed by atoms with Crippen LogP contribution >= 0.6 is 22.6 Å². The molecular weight excluding hydrogens is 492 g/mol. The molecule has 10 heteroatoms. The van der Waals surface area contributed by atoms with Crippen LogP contribution in [-0.2, 0) is 9.57 Å². The molecule has 0 aromatic heterocycles. The second kappa shape index (κ2) is 10.0. The molecule has 0 saturated carbocycles. The molecule has 2 rings (SSSR count). The fourth-order valence-corrected chi connectivity index (χ4v) is 2.94. The highest BCUT2D eigenvalue weighted by Crippen LogP contribution is 2.30. The molecule has 3 N–H and O–H groups in total. The molecule has 0 radical (unpaired) electrons. The van der Waals surface area contributed by atoms with Crippen LogP contribution in [0, 0.1) is 27.9 Å². The molecule has 0 aliphatic heterocycles. The Kier molecular flexibility index (Phi) is 8.04. The van der Waals surface area contributed by atoms with E-state index in [4.69, 9.17) is 9.57 Å². The van der Waals surface area contributed by atoms with Crippen molar-refractivity contribution in [2.45, 2.75) is 13.0 Å². The van der Waals surface area contributed by atoms with Gasteiger partial charge in [0.1, 0.15) is 12.7 Å². The highest BCUT2D eigenvalue weighted by atomic mass is 127. The summed E-state index contributed by atoms with van der Waals surface area (Å²) in [5.41, 5.74) is 2.04. The third-order valence-corrected chi connectivity index (χ3v) is 4.33. The van der Waals surface area contributed by atoms with Gasteiger partial charge in [-0.3, -0.25) is 9.63 Å². The summed E-state index contributed by atoms with van der Waals surface area (Å²) in [4.78, 5) is 17.1. The maximum atomic E-state index is 14.4. The Bertz CT molecular complexity index is 867. The number of anilines is 2. The van der Waals surface area contributed by atoms with Crippen molar-refractivity contribution >= 4 is 39.9 Å². The Hall–Kier alpha value is -1.89. The average molecular weight is 510 g/mol. The van der Waals surface area contributed by atoms with E-state index in [2.05, 4.69) is 27.9 Å². The molecule has 0 aliphatic rings. The third kappa shape index (κ3) is 5.56. The number of aryl methyl sites for hydroxylation is 1. The van der Waals surface area contributed by atoms with Crippen LogP contribution in [0.3, 0.4) is 0 Å². The summed E-state index contributed by atoms with van der Waals surface area (Å²) in [5, 5.41) is 12.1. The molecule has 1 atom stereocenters. The predicted octanol–water partition coefficient (Wildman–Crippen LogP) is 3.43. The number of ether oxygens (including phenoxy) is 1. The normalized spacial score (nSPS) is 12.0. The van der Waals surface area contributed by atoms with Crippen molar-refractivity contribution in [2.75, 3.05) is 25.6 Å². The van der Waals surface area contributed by atoms with Gasteiger partial charge in [-0.1, -0.05) is 0 Å². The van der Waals surface area contributed by atoms with Gasteiger partial charge in [-0.15, -0.1) is 0 Å². The lowest BCUT2D eigenvalue weighted by Gasteiger charge is -2.16. The average Bonchev–Trinajstić information content (AvgIpc) is 2.63. The monoisotopic (exact) mass is 510 g/mol. The standard InChI is InChI=1S/C18H18F3IN2O4/c1-9-5-10(22)3-4-14(9)23-17-12(6-13(19)15(20)16(17)21)18(26)24-28-8-11(25)7-27-2/h3-6,11,23,25H,7-8H2,1-2H3,(H,24,26). The van der Waals surface area contributed by atoms with E-state index in [1.54, 1.807) is 25.1 Å². The minimum absolute atomic E-state index is 0.0332. The number of aliphatic hydroxyl groups excluding tert-OH is 1. The molecule has 0 heterocycles. The van der Waals surface area contributed by atoms with Crippen LogP contribution in [0.15, 0.2) is 24.3 Å². The first-order chi connectivity index (χ1) is 13.2. The van der Waals surface area contributed by atoms with E-state index in [1.165, 1.54) is 7.11 Å². The summed E-state index contributed by atoms with van der Waals surface area (Å²) < 4.78 is 47.4. The fraction of sp³-hybridized carbons (Fsp3) is 0.278. The molecule has 0 spiro atoms. The van der Waals surface area contributed by atoms with Gasteiger partial charge in [0.05, 0.1) is 17.9 Å². The molecule has 0 fully saturated rings. The summed E-state index contributed by atoms with van der Waals surface area (Å²) in [6.45, 7) is 1.39. The second-order valence-corrected chi connectivity index (χ2v) is 7.09. The molecule has 1 unspecified atom stereocenters. The number of hydrogen-bond donors (Lipinski definition) is 3. The summed E-state index contributed by atoms with van der Waals surface area (Å²) in [6, 6.07) is 5.71. The van der Waals surface area contributed by atoms with Crippen molar-refractivity contribution < 1.29 is 32.6 Å². The van der Waals surface area contributed by atoms with Crippen LogP contribution in [-0.4, -0.2) is 37.4 Å². The Morgan fingerprint density at radius 3 is 2.57 bits per heavy atom. The molecule has 0 bridgehead atoms. The number of nitrogens with one attached hydrogen (secondary N) is 2. The van der Waals surface area contributed by atoms with Crippen molar-refractivity contribution in [1.82, 2.24) is 5.48 Å². The van der Waals surface area contributed by atoms with E-state index in [-0.39, 0.29) is 13.2 Å². The second-order valence-electron chi connectivity index (χ2n) is 5.84. The number of rotatable bonds is 8. The highest BCUT2D eigenvalue weighted by molar-refractivity contribution is 14.1. The number of hydrogen-bond acceptors (Lipinski definition) is 5. The number of aliphatic hydroxyl groups is 1. The molecule has 0 aliphatic carbocycles. The maximum absolute atomic E-state index is 14.4. The van der Waals surface area contributed by atoms with E-state index >= 15 is 0 Å². The summed E-state index contributed by atoms with van der Waals surface area (Å²) in [6.07, 6.45) is -1.01. The Morgan fingerprint density at radius 2 is 1.93 bits per heavy atom. The number of methoxy groups -OCH3 is 1. The van der Waals surface area contributed by atoms with Gasteiger partial charge in [-0.25, -0.2) is 18.7 Å². The first-order valence-corrected chi connectivity index (χ1v) is 9.12. The zero-order valence-electron chi connectivity index (χ0n) is 15.0. The van der Waals surface area contributed by atoms with Gasteiger partial charge in [-0.2, -0.15) is 0 Å². The van der Waals surface area contributed by atoms with Gasteiger partial charge >= 0.3 is 0 Å². The molecule has 0 saturated heterocycles. The topological polar surface area (TPSA) is 79.8 Å². The van der Waals surface area contributed by atoms with E-state index in [9.17, 15) is 23.1 Å². The zero-order chi connectivity index (χ0) is 20.8. The van der Waals surface area contributed by atoms with E-state index < -0.39 is 40.7 Å². The number of halogens is 4. The van der Waals surface area contributed by atoms with Crippen LogP contribution in [0.5, 0.6) is 0 Å². The molecule has 6 nitrogen and oxygen atoms in total. The van der Waals surface area contributed by atoms with Crippen molar-refractivity contribution in [3.63, 3.8) is 0 Å². The van der Waals surface area contributed by atoms with Gasteiger partial charge in [-0.05, 0) is 59.3 Å². The van der Waals surface area contributed by atoms with E-state index in [0.29, 0.717) is 17.3 Å². The lowest BCUT2D eigenvalue weighted by atomic mass is 10.1. The van der Waals surface area contributed by atoms with Gasteiger partial charge in [0.15, 0.2) is 17.5 Å². The van der Waals surface area contributed by atoms with Crippen LogP contribution in [0.25, 0.3) is 0 Å². The van der Waals surface area contributed by atoms with E-state index in [0.717, 1.165) is 3.57 Å². The lowest BCUT2D eigenvalue weighted by Crippen LogP contribution is -2.31. The Labute approximate surface area is 173 Å².